The lowest BCUT2D eigenvalue weighted by molar-refractivity contribution is 0.152. The van der Waals surface area contributed by atoms with Gasteiger partial charge in [0.15, 0.2) is 0 Å². The molecule has 0 bridgehead atoms. The van der Waals surface area contributed by atoms with Crippen LogP contribution in [0, 0.1) is 0 Å². The van der Waals surface area contributed by atoms with Crippen molar-refractivity contribution in [3.63, 3.8) is 0 Å². The van der Waals surface area contributed by atoms with Crippen molar-refractivity contribution in [2.75, 3.05) is 0 Å². The summed E-state index contributed by atoms with van der Waals surface area (Å²) < 4.78 is 0. The Kier molecular flexibility index (Phi) is 5.20. The first-order valence-electron chi connectivity index (χ1n) is 13.1. The first kappa shape index (κ1) is 23.1. The maximum absolute atomic E-state index is 3.93. The average molecular weight is 445 g/mol. The fourth-order valence-electron chi connectivity index (χ4n) is 8.16. The van der Waals surface area contributed by atoms with Crippen molar-refractivity contribution in [1.82, 2.24) is 10.6 Å². The molecule has 2 aromatic rings. The molecule has 0 spiro atoms. The van der Waals surface area contributed by atoms with Gasteiger partial charge in [-0.2, -0.15) is 0 Å². The minimum atomic E-state index is 0.143. The van der Waals surface area contributed by atoms with Crippen molar-refractivity contribution < 1.29 is 0 Å². The van der Waals surface area contributed by atoms with Crippen molar-refractivity contribution in [3.8, 4) is 11.1 Å². The molecular weight excluding hydrogens is 400 g/mol. The predicted octanol–water partition coefficient (Wildman–Crippen LogP) is 7.31. The monoisotopic (exact) mass is 444 g/mol. The third kappa shape index (κ3) is 4.42. The lowest BCUT2D eigenvalue weighted by Crippen LogP contribution is -2.58. The largest absolute Gasteiger partial charge is 0.307 e. The van der Waals surface area contributed by atoms with Crippen LogP contribution in [0.4, 0.5) is 0 Å². The van der Waals surface area contributed by atoms with Crippen LogP contribution in [0.25, 0.3) is 11.1 Å². The molecule has 0 aromatic heterocycles. The molecule has 2 heteroatoms. The van der Waals surface area contributed by atoms with Gasteiger partial charge in [0.2, 0.25) is 0 Å². The Morgan fingerprint density at radius 3 is 1.70 bits per heavy atom. The van der Waals surface area contributed by atoms with Crippen molar-refractivity contribution in [1.29, 1.82) is 0 Å². The molecule has 2 aromatic carbocycles. The predicted molar refractivity (Wildman–Crippen MR) is 141 cm³/mol. The topological polar surface area (TPSA) is 24.1 Å². The van der Waals surface area contributed by atoms with Crippen LogP contribution >= 0.6 is 0 Å². The highest BCUT2D eigenvalue weighted by Crippen LogP contribution is 2.51. The highest BCUT2D eigenvalue weighted by Gasteiger charge is 2.43. The van der Waals surface area contributed by atoms with Crippen molar-refractivity contribution in [2.45, 2.75) is 121 Å². The van der Waals surface area contributed by atoms with Gasteiger partial charge in [-0.25, -0.2) is 0 Å². The number of nitrogens with one attached hydrogen (secondary N) is 2. The van der Waals surface area contributed by atoms with E-state index in [0.29, 0.717) is 11.8 Å². The van der Waals surface area contributed by atoms with Crippen LogP contribution in [-0.4, -0.2) is 22.2 Å². The van der Waals surface area contributed by atoms with E-state index in [-0.39, 0.29) is 22.2 Å². The maximum Gasteiger partial charge on any atom is 0.0135 e. The number of hydrogen-bond acceptors (Lipinski definition) is 2. The number of benzene rings is 2. The fourth-order valence-corrected chi connectivity index (χ4v) is 8.16. The molecule has 3 aliphatic rings. The quantitative estimate of drug-likeness (QED) is 0.433. The van der Waals surface area contributed by atoms with Crippen LogP contribution in [0.15, 0.2) is 36.4 Å². The van der Waals surface area contributed by atoms with Crippen LogP contribution in [-0.2, 0) is 6.42 Å². The zero-order chi connectivity index (χ0) is 23.8. The second-order valence-corrected chi connectivity index (χ2v) is 13.9. The van der Waals surface area contributed by atoms with E-state index in [1.807, 2.05) is 0 Å². The van der Waals surface area contributed by atoms with E-state index in [1.165, 1.54) is 42.4 Å². The highest BCUT2D eigenvalue weighted by molar-refractivity contribution is 5.79. The van der Waals surface area contributed by atoms with Crippen LogP contribution in [0.3, 0.4) is 0 Å². The normalized spacial score (nSPS) is 25.5. The first-order valence-corrected chi connectivity index (χ1v) is 13.1. The Hall–Kier alpha value is -1.64. The van der Waals surface area contributed by atoms with Crippen LogP contribution < -0.4 is 10.6 Å². The number of piperidine rings is 2. The summed E-state index contributed by atoms with van der Waals surface area (Å²) in [5.41, 5.74) is 10.0. The number of fused-ring (bicyclic) bond motifs is 3. The van der Waals surface area contributed by atoms with Crippen molar-refractivity contribution >= 4 is 0 Å². The van der Waals surface area contributed by atoms with E-state index in [2.05, 4.69) is 102 Å². The van der Waals surface area contributed by atoms with Crippen LogP contribution in [0.5, 0.6) is 0 Å². The Morgan fingerprint density at radius 2 is 1.12 bits per heavy atom. The number of rotatable bonds is 2. The van der Waals surface area contributed by atoms with Gasteiger partial charge >= 0.3 is 0 Å². The Morgan fingerprint density at radius 1 is 0.606 bits per heavy atom. The van der Waals surface area contributed by atoms with Gasteiger partial charge in [0.05, 0.1) is 0 Å². The summed E-state index contributed by atoms with van der Waals surface area (Å²) in [7, 11) is 0. The average Bonchev–Trinajstić information content (AvgIpc) is 3.00. The molecule has 2 nitrogen and oxygen atoms in total. The Balaban J connectivity index is 1.67. The van der Waals surface area contributed by atoms with Crippen molar-refractivity contribution in [3.05, 3.63) is 58.7 Å². The summed E-state index contributed by atoms with van der Waals surface area (Å²) in [4.78, 5) is 0. The van der Waals surface area contributed by atoms with Crippen molar-refractivity contribution in [2.24, 2.45) is 0 Å². The Labute approximate surface area is 202 Å². The lowest BCUT2D eigenvalue weighted by Gasteiger charge is -2.49. The van der Waals surface area contributed by atoms with Gasteiger partial charge in [-0.05, 0) is 133 Å². The fraction of sp³-hybridized carbons (Fsp3) is 0.613. The molecule has 2 N–H and O–H groups in total. The summed E-state index contributed by atoms with van der Waals surface area (Å²) in [5.74, 6) is 1.19. The van der Waals surface area contributed by atoms with E-state index in [1.54, 1.807) is 16.7 Å². The van der Waals surface area contributed by atoms with Gasteiger partial charge in [-0.1, -0.05) is 36.4 Å². The molecule has 2 heterocycles. The molecule has 2 fully saturated rings. The second-order valence-electron chi connectivity index (χ2n) is 13.9. The van der Waals surface area contributed by atoms with Gasteiger partial charge in [0.25, 0.3) is 0 Å². The van der Waals surface area contributed by atoms with E-state index < -0.39 is 0 Å². The molecule has 0 radical (unpaired) electrons. The third-order valence-corrected chi connectivity index (χ3v) is 8.29. The van der Waals surface area contributed by atoms with Gasteiger partial charge in [0.1, 0.15) is 0 Å². The molecule has 2 saturated heterocycles. The molecule has 0 saturated carbocycles. The summed E-state index contributed by atoms with van der Waals surface area (Å²) in [5, 5.41) is 7.85. The van der Waals surface area contributed by atoms with E-state index in [4.69, 9.17) is 0 Å². The van der Waals surface area contributed by atoms with Gasteiger partial charge in [-0.15, -0.1) is 0 Å². The number of hydrogen-bond donors (Lipinski definition) is 2. The molecule has 0 unspecified atom stereocenters. The zero-order valence-corrected chi connectivity index (χ0v) is 22.2. The maximum atomic E-state index is 3.93. The SMILES string of the molecule is CC1(C)CC(c2ccc3c(c2C2CC(C)(C)NC(C)(C)C2)Cc2ccccc2-3)CC(C)(C)N1. The smallest absolute Gasteiger partial charge is 0.0135 e. The molecule has 1 aliphatic carbocycles. The highest BCUT2D eigenvalue weighted by atomic mass is 15.1. The summed E-state index contributed by atoms with van der Waals surface area (Å²) in [6.07, 6.45) is 5.90. The van der Waals surface area contributed by atoms with Gasteiger partial charge < -0.3 is 10.6 Å². The van der Waals surface area contributed by atoms with Gasteiger partial charge in [-0.3, -0.25) is 0 Å². The van der Waals surface area contributed by atoms with E-state index in [9.17, 15) is 0 Å². The van der Waals surface area contributed by atoms with Gasteiger partial charge in [0, 0.05) is 22.2 Å². The van der Waals surface area contributed by atoms with E-state index >= 15 is 0 Å². The third-order valence-electron chi connectivity index (χ3n) is 8.29. The van der Waals surface area contributed by atoms with Crippen LogP contribution in [0.2, 0.25) is 0 Å². The summed E-state index contributed by atoms with van der Waals surface area (Å²) in [6.45, 7) is 19.2. The second kappa shape index (κ2) is 7.43. The molecule has 0 amide bonds. The minimum Gasteiger partial charge on any atom is -0.307 e. The molecule has 5 rings (SSSR count). The summed E-state index contributed by atoms with van der Waals surface area (Å²) in [6, 6.07) is 14.1. The minimum absolute atomic E-state index is 0.143. The Bertz CT molecular complexity index is 1040. The molecular formula is C31H44N2. The summed E-state index contributed by atoms with van der Waals surface area (Å²) >= 11 is 0. The first-order chi connectivity index (χ1) is 15.2. The zero-order valence-electron chi connectivity index (χ0n) is 22.2. The lowest BCUT2D eigenvalue weighted by atomic mass is 9.66. The molecule has 178 valence electrons. The standard InChI is InChI=1S/C31H44N2/c1-28(2)16-21(17-29(3,4)32-28)24-13-14-25-23-12-10-9-11-20(23)15-26(25)27(24)22-18-30(5,6)33-31(7,8)19-22/h9-14,21-22,32-33H,15-19H2,1-8H3. The molecule has 2 aliphatic heterocycles. The van der Waals surface area contributed by atoms with Crippen LogP contribution in [0.1, 0.15) is 115 Å². The van der Waals surface area contributed by atoms with E-state index in [0.717, 1.165) is 6.42 Å². The molecule has 33 heavy (non-hydrogen) atoms. The molecule has 0 atom stereocenters.